The van der Waals surface area contributed by atoms with Crippen molar-refractivity contribution in [1.29, 1.82) is 5.26 Å². The molecular formula is C28H36F3N5O4. The first-order chi connectivity index (χ1) is 18.3. The van der Waals surface area contributed by atoms with Crippen LogP contribution >= 0.6 is 0 Å². The van der Waals surface area contributed by atoms with Gasteiger partial charge in [0, 0.05) is 18.7 Å². The lowest BCUT2D eigenvalue weighted by Crippen LogP contribution is -2.57. The molecule has 0 bridgehead atoms. The lowest BCUT2D eigenvalue weighted by molar-refractivity contribution is -0.175. The average molecular weight is 564 g/mol. The van der Waals surface area contributed by atoms with Crippen molar-refractivity contribution in [3.63, 3.8) is 0 Å². The van der Waals surface area contributed by atoms with Crippen molar-refractivity contribution in [2.45, 2.75) is 90.5 Å². The quantitative estimate of drug-likeness (QED) is 0.488. The van der Waals surface area contributed by atoms with Gasteiger partial charge in [0.05, 0.1) is 11.5 Å². The molecule has 0 aromatic heterocycles. The summed E-state index contributed by atoms with van der Waals surface area (Å²) in [6.45, 7) is 10.5. The number of carbonyl (C=O) groups excluding carboxylic acids is 4. The Kier molecular flexibility index (Phi) is 8.31. The fourth-order valence-corrected chi connectivity index (χ4v) is 5.33. The Hall–Kier alpha value is -3.62. The van der Waals surface area contributed by atoms with Gasteiger partial charge in [-0.3, -0.25) is 19.2 Å². The molecule has 2 heterocycles. The number of fused-ring (bicyclic) bond motifs is 2. The normalized spacial score (nSPS) is 22.2. The van der Waals surface area contributed by atoms with Gasteiger partial charge in [0.2, 0.25) is 17.7 Å². The molecule has 0 saturated carbocycles. The van der Waals surface area contributed by atoms with Gasteiger partial charge in [-0.2, -0.15) is 18.4 Å². The van der Waals surface area contributed by atoms with E-state index < -0.39 is 58.3 Å². The van der Waals surface area contributed by atoms with E-state index >= 15 is 0 Å². The molecule has 1 aromatic carbocycles. The number of carbonyl (C=O) groups is 4. The molecule has 3 rings (SSSR count). The molecule has 4 amide bonds. The summed E-state index contributed by atoms with van der Waals surface area (Å²) in [5.41, 5.74) is -1.02. The van der Waals surface area contributed by atoms with Crippen LogP contribution < -0.4 is 16.0 Å². The number of nitriles is 1. The topological polar surface area (TPSA) is 131 Å². The Labute approximate surface area is 231 Å². The van der Waals surface area contributed by atoms with Gasteiger partial charge in [-0.15, -0.1) is 0 Å². The highest BCUT2D eigenvalue weighted by molar-refractivity contribution is 6.07. The number of rotatable bonds is 6. The summed E-state index contributed by atoms with van der Waals surface area (Å²) in [7, 11) is 0. The van der Waals surface area contributed by atoms with E-state index in [1.165, 1.54) is 4.90 Å². The maximum Gasteiger partial charge on any atom is 0.471 e. The number of likely N-dealkylation sites (tertiary alicyclic amines) is 1. The van der Waals surface area contributed by atoms with Crippen LogP contribution in [0.25, 0.3) is 0 Å². The van der Waals surface area contributed by atoms with Crippen molar-refractivity contribution < 1.29 is 32.3 Å². The minimum atomic E-state index is -5.20. The Morgan fingerprint density at radius 3 is 2.17 bits per heavy atom. The molecule has 3 N–H and O–H groups in total. The second-order valence-corrected chi connectivity index (χ2v) is 13.0. The van der Waals surface area contributed by atoms with E-state index in [1.54, 1.807) is 50.4 Å². The number of alkyl halides is 3. The molecule has 4 atom stereocenters. The minimum Gasteiger partial charge on any atom is -0.342 e. The van der Waals surface area contributed by atoms with E-state index in [0.717, 1.165) is 0 Å². The van der Waals surface area contributed by atoms with Crippen LogP contribution in [0.5, 0.6) is 0 Å². The second kappa shape index (κ2) is 10.7. The Balaban J connectivity index is 1.92. The number of nitrogens with one attached hydrogen (secondary N) is 3. The Bertz CT molecular complexity index is 1230. The standard InChI is InChI=1S/C28H36F3N5O4/c1-25(2,3)12-19(35-24(40)28(29,30)31)21(37)33-20(13-26(4,5)6)22(38)36-15-27(11-16(36)14-32)17-9-7-8-10-18(17)34-23(27)39/h7-10,16,19-20H,11-13,15H2,1-6H3,(H,33,37)(H,34,39)(H,35,40)/t16-,19?,20-,27-/m0/s1. The summed E-state index contributed by atoms with van der Waals surface area (Å²) in [6.07, 6.45) is -5.17. The monoisotopic (exact) mass is 563 g/mol. The molecular weight excluding hydrogens is 527 g/mol. The highest BCUT2D eigenvalue weighted by Crippen LogP contribution is 2.46. The summed E-state index contributed by atoms with van der Waals surface area (Å²) in [5.74, 6) is -4.16. The molecule has 218 valence electrons. The number of halogens is 3. The van der Waals surface area contributed by atoms with Gasteiger partial charge in [0.15, 0.2) is 0 Å². The molecule has 1 fully saturated rings. The zero-order chi connectivity index (χ0) is 30.3. The summed E-state index contributed by atoms with van der Waals surface area (Å²) < 4.78 is 39.1. The lowest BCUT2D eigenvalue weighted by Gasteiger charge is -2.33. The molecule has 9 nitrogen and oxygen atoms in total. The van der Waals surface area contributed by atoms with Gasteiger partial charge in [0.25, 0.3) is 0 Å². The van der Waals surface area contributed by atoms with Gasteiger partial charge in [-0.25, -0.2) is 0 Å². The van der Waals surface area contributed by atoms with Crippen molar-refractivity contribution in [2.75, 3.05) is 11.9 Å². The van der Waals surface area contributed by atoms with Gasteiger partial charge in [0.1, 0.15) is 18.1 Å². The zero-order valence-electron chi connectivity index (χ0n) is 23.5. The van der Waals surface area contributed by atoms with E-state index in [4.69, 9.17) is 0 Å². The summed E-state index contributed by atoms with van der Waals surface area (Å²) >= 11 is 0. The number of hydrogen-bond donors (Lipinski definition) is 3. The first kappa shape index (κ1) is 30.9. The van der Waals surface area contributed by atoms with Gasteiger partial charge < -0.3 is 20.9 Å². The van der Waals surface area contributed by atoms with E-state index in [2.05, 4.69) is 16.7 Å². The average Bonchev–Trinajstić information content (AvgIpc) is 3.33. The predicted octanol–water partition coefficient (Wildman–Crippen LogP) is 3.41. The predicted molar refractivity (Wildman–Crippen MR) is 141 cm³/mol. The number of hydrogen-bond acceptors (Lipinski definition) is 5. The van der Waals surface area contributed by atoms with E-state index in [1.807, 2.05) is 20.8 Å². The molecule has 0 radical (unpaired) electrons. The number of benzene rings is 1. The maximum atomic E-state index is 13.9. The first-order valence-corrected chi connectivity index (χ1v) is 13.1. The third kappa shape index (κ3) is 6.74. The van der Waals surface area contributed by atoms with Crippen LogP contribution in [0.4, 0.5) is 18.9 Å². The maximum absolute atomic E-state index is 13.9. The summed E-state index contributed by atoms with van der Waals surface area (Å²) in [6, 6.07) is 5.37. The van der Waals surface area contributed by atoms with Crippen LogP contribution in [0.15, 0.2) is 24.3 Å². The molecule has 2 aliphatic heterocycles. The van der Waals surface area contributed by atoms with E-state index in [9.17, 15) is 37.6 Å². The number of nitrogens with zero attached hydrogens (tertiary/aromatic N) is 2. The lowest BCUT2D eigenvalue weighted by atomic mass is 9.80. The smallest absolute Gasteiger partial charge is 0.342 e. The van der Waals surface area contributed by atoms with E-state index in [0.29, 0.717) is 11.3 Å². The molecule has 40 heavy (non-hydrogen) atoms. The largest absolute Gasteiger partial charge is 0.471 e. The van der Waals surface area contributed by atoms with Crippen LogP contribution in [0.3, 0.4) is 0 Å². The zero-order valence-corrected chi connectivity index (χ0v) is 23.5. The molecule has 1 spiro atoms. The SMILES string of the molecule is CC(C)(C)CC(NC(=O)C(F)(F)F)C(=O)N[C@@H](CC(C)(C)C)C(=O)N1C[C@]2(C[C@H]1C#N)C(=O)Nc1ccccc12. The summed E-state index contributed by atoms with van der Waals surface area (Å²) in [4.78, 5) is 53.4. The van der Waals surface area contributed by atoms with Crippen LogP contribution in [-0.4, -0.2) is 59.4 Å². The van der Waals surface area contributed by atoms with Crippen LogP contribution in [0.1, 0.15) is 66.4 Å². The third-order valence-electron chi connectivity index (χ3n) is 7.04. The Morgan fingerprint density at radius 1 is 1.05 bits per heavy atom. The fourth-order valence-electron chi connectivity index (χ4n) is 5.33. The van der Waals surface area contributed by atoms with Crippen LogP contribution in [-0.2, 0) is 24.6 Å². The van der Waals surface area contributed by atoms with E-state index in [-0.39, 0.29) is 31.7 Å². The van der Waals surface area contributed by atoms with Gasteiger partial charge in [-0.1, -0.05) is 59.7 Å². The van der Waals surface area contributed by atoms with Crippen LogP contribution in [0, 0.1) is 22.2 Å². The third-order valence-corrected chi connectivity index (χ3v) is 7.04. The number of amides is 4. The fraction of sp³-hybridized carbons (Fsp3) is 0.607. The number of anilines is 1. The minimum absolute atomic E-state index is 0.0581. The molecule has 1 unspecified atom stereocenters. The summed E-state index contributed by atoms with van der Waals surface area (Å²) in [5, 5.41) is 17.1. The van der Waals surface area contributed by atoms with Crippen molar-refractivity contribution >= 4 is 29.3 Å². The molecule has 0 aliphatic carbocycles. The highest BCUT2D eigenvalue weighted by atomic mass is 19.4. The molecule has 12 heteroatoms. The van der Waals surface area contributed by atoms with Crippen molar-refractivity contribution in [2.24, 2.45) is 10.8 Å². The second-order valence-electron chi connectivity index (χ2n) is 13.0. The molecule has 1 saturated heterocycles. The van der Waals surface area contributed by atoms with Crippen molar-refractivity contribution in [1.82, 2.24) is 15.5 Å². The highest BCUT2D eigenvalue weighted by Gasteiger charge is 2.56. The Morgan fingerprint density at radius 2 is 1.62 bits per heavy atom. The van der Waals surface area contributed by atoms with Crippen molar-refractivity contribution in [3.05, 3.63) is 29.8 Å². The van der Waals surface area contributed by atoms with Gasteiger partial charge >= 0.3 is 12.1 Å². The van der Waals surface area contributed by atoms with Crippen LogP contribution in [0.2, 0.25) is 0 Å². The number of para-hydroxylation sites is 1. The van der Waals surface area contributed by atoms with Crippen molar-refractivity contribution in [3.8, 4) is 6.07 Å². The molecule has 1 aromatic rings. The first-order valence-electron chi connectivity index (χ1n) is 13.1. The molecule has 2 aliphatic rings. The van der Waals surface area contributed by atoms with Gasteiger partial charge in [-0.05, 0) is 35.3 Å².